The summed E-state index contributed by atoms with van der Waals surface area (Å²) < 4.78 is 10.8. The van der Waals surface area contributed by atoms with Crippen molar-refractivity contribution in [2.45, 2.75) is 26.7 Å². The Labute approximate surface area is 119 Å². The standard InChI is InChI=1S/C15H32N2O2/c1-15(2)5-4-12-19-14-11-17-8-6-16(7-9-17)10-13-18-3/h15H,4-14H2,1-3H3. The van der Waals surface area contributed by atoms with E-state index in [-0.39, 0.29) is 0 Å². The third-order valence-corrected chi connectivity index (χ3v) is 3.70. The van der Waals surface area contributed by atoms with E-state index in [1.54, 1.807) is 7.11 Å². The summed E-state index contributed by atoms with van der Waals surface area (Å²) in [6.45, 7) is 14.0. The minimum atomic E-state index is 0.795. The first-order valence-electron chi connectivity index (χ1n) is 7.73. The SMILES string of the molecule is COCCN1CCN(CCOCCCC(C)C)CC1. The fourth-order valence-corrected chi connectivity index (χ4v) is 2.35. The maximum absolute atomic E-state index is 5.70. The van der Waals surface area contributed by atoms with Crippen LogP contribution in [0.2, 0.25) is 0 Å². The van der Waals surface area contributed by atoms with Gasteiger partial charge in [0.1, 0.15) is 0 Å². The molecule has 4 nitrogen and oxygen atoms in total. The summed E-state index contributed by atoms with van der Waals surface area (Å²) in [5.41, 5.74) is 0. The molecule has 0 atom stereocenters. The van der Waals surface area contributed by atoms with Crippen LogP contribution in [0.15, 0.2) is 0 Å². The molecule has 1 heterocycles. The molecule has 4 heteroatoms. The molecule has 1 saturated heterocycles. The lowest BCUT2D eigenvalue weighted by Crippen LogP contribution is -2.48. The van der Waals surface area contributed by atoms with E-state index in [2.05, 4.69) is 23.6 Å². The summed E-state index contributed by atoms with van der Waals surface area (Å²) in [6.07, 6.45) is 2.47. The Hall–Kier alpha value is -0.160. The highest BCUT2D eigenvalue weighted by atomic mass is 16.5. The van der Waals surface area contributed by atoms with Gasteiger partial charge in [0.05, 0.1) is 13.2 Å². The minimum absolute atomic E-state index is 0.795. The first-order valence-corrected chi connectivity index (χ1v) is 7.73. The Balaban J connectivity index is 1.92. The molecule has 0 aromatic heterocycles. The highest BCUT2D eigenvalue weighted by Crippen LogP contribution is 2.04. The van der Waals surface area contributed by atoms with Crippen LogP contribution in [0.4, 0.5) is 0 Å². The smallest absolute Gasteiger partial charge is 0.0593 e. The van der Waals surface area contributed by atoms with Crippen molar-refractivity contribution in [1.82, 2.24) is 9.80 Å². The lowest BCUT2D eigenvalue weighted by atomic mass is 10.1. The lowest BCUT2D eigenvalue weighted by Gasteiger charge is -2.34. The Morgan fingerprint density at radius 1 is 0.895 bits per heavy atom. The third kappa shape index (κ3) is 8.58. The zero-order valence-electron chi connectivity index (χ0n) is 13.1. The molecule has 0 bridgehead atoms. The molecule has 1 aliphatic rings. The van der Waals surface area contributed by atoms with E-state index in [0.29, 0.717) is 0 Å². The van der Waals surface area contributed by atoms with Gasteiger partial charge in [-0.25, -0.2) is 0 Å². The van der Waals surface area contributed by atoms with Crippen LogP contribution in [0.1, 0.15) is 26.7 Å². The zero-order chi connectivity index (χ0) is 13.9. The van der Waals surface area contributed by atoms with E-state index < -0.39 is 0 Å². The number of ether oxygens (including phenoxy) is 2. The molecule has 0 aliphatic carbocycles. The van der Waals surface area contributed by atoms with Gasteiger partial charge in [-0.05, 0) is 18.8 Å². The second-order valence-electron chi connectivity index (χ2n) is 5.82. The fourth-order valence-electron chi connectivity index (χ4n) is 2.35. The Morgan fingerprint density at radius 3 is 2.00 bits per heavy atom. The van der Waals surface area contributed by atoms with Crippen molar-refractivity contribution in [3.63, 3.8) is 0 Å². The normalized spacial score (nSPS) is 18.3. The molecule has 19 heavy (non-hydrogen) atoms. The van der Waals surface area contributed by atoms with Crippen LogP contribution in [0.25, 0.3) is 0 Å². The molecule has 0 amide bonds. The second kappa shape index (κ2) is 10.6. The van der Waals surface area contributed by atoms with Gasteiger partial charge in [-0.1, -0.05) is 13.8 Å². The van der Waals surface area contributed by atoms with E-state index in [1.807, 2.05) is 0 Å². The van der Waals surface area contributed by atoms with Crippen molar-refractivity contribution in [1.29, 1.82) is 0 Å². The molecule has 0 aromatic carbocycles. The van der Waals surface area contributed by atoms with Gasteiger partial charge in [-0.3, -0.25) is 9.80 Å². The number of hydrogen-bond donors (Lipinski definition) is 0. The second-order valence-corrected chi connectivity index (χ2v) is 5.82. The van der Waals surface area contributed by atoms with Crippen molar-refractivity contribution in [2.75, 3.05) is 66.2 Å². The number of methoxy groups -OCH3 is 1. The molecule has 1 aliphatic heterocycles. The van der Waals surface area contributed by atoms with Crippen LogP contribution >= 0.6 is 0 Å². The third-order valence-electron chi connectivity index (χ3n) is 3.70. The summed E-state index contributed by atoms with van der Waals surface area (Å²) in [5, 5.41) is 0. The van der Waals surface area contributed by atoms with Gasteiger partial charge in [0, 0.05) is 53.0 Å². The van der Waals surface area contributed by atoms with E-state index in [4.69, 9.17) is 9.47 Å². The number of piperazine rings is 1. The van der Waals surface area contributed by atoms with Crippen molar-refractivity contribution in [3.8, 4) is 0 Å². The van der Waals surface area contributed by atoms with E-state index in [0.717, 1.165) is 51.9 Å². The maximum Gasteiger partial charge on any atom is 0.0593 e. The largest absolute Gasteiger partial charge is 0.383 e. The van der Waals surface area contributed by atoms with Crippen LogP contribution in [0, 0.1) is 5.92 Å². The summed E-state index contributed by atoms with van der Waals surface area (Å²) >= 11 is 0. The van der Waals surface area contributed by atoms with E-state index in [9.17, 15) is 0 Å². The topological polar surface area (TPSA) is 24.9 Å². The Morgan fingerprint density at radius 2 is 1.47 bits per heavy atom. The summed E-state index contributed by atoms with van der Waals surface area (Å²) in [7, 11) is 1.77. The molecule has 0 aromatic rings. The van der Waals surface area contributed by atoms with Crippen LogP contribution in [-0.4, -0.2) is 76.0 Å². The summed E-state index contributed by atoms with van der Waals surface area (Å²) in [5.74, 6) is 0.795. The van der Waals surface area contributed by atoms with Gasteiger partial charge in [-0.15, -0.1) is 0 Å². The molecule has 0 radical (unpaired) electrons. The average molecular weight is 272 g/mol. The van der Waals surface area contributed by atoms with Gasteiger partial charge in [0.2, 0.25) is 0 Å². The number of nitrogens with zero attached hydrogens (tertiary/aromatic N) is 2. The molecular formula is C15H32N2O2. The summed E-state index contributed by atoms with van der Waals surface area (Å²) in [4.78, 5) is 4.98. The molecule has 0 unspecified atom stereocenters. The van der Waals surface area contributed by atoms with Crippen LogP contribution < -0.4 is 0 Å². The van der Waals surface area contributed by atoms with Crippen LogP contribution in [0.5, 0.6) is 0 Å². The summed E-state index contributed by atoms with van der Waals surface area (Å²) in [6, 6.07) is 0. The van der Waals surface area contributed by atoms with Crippen molar-refractivity contribution in [3.05, 3.63) is 0 Å². The first-order chi connectivity index (χ1) is 9.22. The monoisotopic (exact) mass is 272 g/mol. The van der Waals surface area contributed by atoms with Gasteiger partial charge in [0.25, 0.3) is 0 Å². The fraction of sp³-hybridized carbons (Fsp3) is 1.00. The Bertz CT molecular complexity index is 204. The minimum Gasteiger partial charge on any atom is -0.383 e. The van der Waals surface area contributed by atoms with Gasteiger partial charge < -0.3 is 9.47 Å². The molecule has 1 fully saturated rings. The van der Waals surface area contributed by atoms with Crippen LogP contribution in [-0.2, 0) is 9.47 Å². The Kier molecular flexibility index (Phi) is 9.43. The van der Waals surface area contributed by atoms with Crippen molar-refractivity contribution < 1.29 is 9.47 Å². The number of hydrogen-bond acceptors (Lipinski definition) is 4. The maximum atomic E-state index is 5.70. The molecule has 114 valence electrons. The molecule has 1 rings (SSSR count). The molecule has 0 saturated carbocycles. The van der Waals surface area contributed by atoms with Gasteiger partial charge >= 0.3 is 0 Å². The molecular weight excluding hydrogens is 240 g/mol. The first kappa shape index (κ1) is 16.9. The van der Waals surface area contributed by atoms with E-state index >= 15 is 0 Å². The zero-order valence-corrected chi connectivity index (χ0v) is 13.1. The quantitative estimate of drug-likeness (QED) is 0.565. The molecule has 0 N–H and O–H groups in total. The lowest BCUT2D eigenvalue weighted by molar-refractivity contribution is 0.0637. The average Bonchev–Trinajstić information content (AvgIpc) is 2.41. The molecule has 0 spiro atoms. The van der Waals surface area contributed by atoms with Crippen molar-refractivity contribution >= 4 is 0 Å². The predicted octanol–water partition coefficient (Wildman–Crippen LogP) is 1.70. The number of rotatable bonds is 10. The van der Waals surface area contributed by atoms with Crippen molar-refractivity contribution in [2.24, 2.45) is 5.92 Å². The highest BCUT2D eigenvalue weighted by Gasteiger charge is 2.15. The highest BCUT2D eigenvalue weighted by molar-refractivity contribution is 4.71. The van der Waals surface area contributed by atoms with Gasteiger partial charge in [-0.2, -0.15) is 0 Å². The predicted molar refractivity (Wildman–Crippen MR) is 79.6 cm³/mol. The van der Waals surface area contributed by atoms with Gasteiger partial charge in [0.15, 0.2) is 0 Å². The van der Waals surface area contributed by atoms with Crippen LogP contribution in [0.3, 0.4) is 0 Å². The van der Waals surface area contributed by atoms with E-state index in [1.165, 1.54) is 25.9 Å².